The summed E-state index contributed by atoms with van der Waals surface area (Å²) in [5, 5.41) is 0. The van der Waals surface area contributed by atoms with E-state index in [1.165, 1.54) is 51.4 Å². The Hall–Kier alpha value is 0.630. The van der Waals surface area contributed by atoms with E-state index in [9.17, 15) is 4.79 Å². The largest absolute Gasteiger partial charge is 1.00 e. The van der Waals surface area contributed by atoms with E-state index in [1.54, 1.807) is 6.92 Å². The molecule has 0 bridgehead atoms. The van der Waals surface area contributed by atoms with Crippen LogP contribution in [0.2, 0.25) is 0 Å². The second-order valence-corrected chi connectivity index (χ2v) is 4.83. The summed E-state index contributed by atoms with van der Waals surface area (Å²) in [5.41, 5.74) is 5.50. The Kier molecular flexibility index (Phi) is 17.2. The van der Waals surface area contributed by atoms with Gasteiger partial charge in [0.1, 0.15) is 5.78 Å². The van der Waals surface area contributed by atoms with E-state index in [0.29, 0.717) is 6.42 Å². The molecule has 0 aromatic carbocycles. The maximum Gasteiger partial charge on any atom is 1.00 e. The molecule has 0 saturated heterocycles. The van der Waals surface area contributed by atoms with Gasteiger partial charge < -0.3 is 7.16 Å². The molecule has 2 nitrogen and oxygen atoms in total. The average molecular weight is 251 g/mol. The first-order valence-corrected chi connectivity index (χ1v) is 6.96. The van der Waals surface area contributed by atoms with Crippen molar-refractivity contribution in [2.75, 3.05) is 0 Å². The first-order chi connectivity index (χ1) is 7.68. The third kappa shape index (κ3) is 14.6. The molecule has 0 aliphatic heterocycles. The summed E-state index contributed by atoms with van der Waals surface area (Å²) in [6, 6.07) is -0.269. The normalized spacial score (nSPS) is 11.9. The van der Waals surface area contributed by atoms with Gasteiger partial charge in [-0.25, -0.2) is 0 Å². The van der Waals surface area contributed by atoms with Crippen LogP contribution in [0, 0.1) is 0 Å². The number of nitrogens with two attached hydrogens (primary N) is 1. The Labute approximate surface area is 131 Å². The molecule has 98 valence electrons. The van der Waals surface area contributed by atoms with Gasteiger partial charge in [-0.2, -0.15) is 0 Å². The molecule has 0 aliphatic rings. The molecule has 3 heteroatoms. The van der Waals surface area contributed by atoms with Crippen LogP contribution in [0.5, 0.6) is 0 Å². The molecule has 0 fully saturated rings. The van der Waals surface area contributed by atoms with Crippen LogP contribution in [0.1, 0.15) is 79.5 Å². The van der Waals surface area contributed by atoms with Crippen molar-refractivity contribution < 1.29 is 35.8 Å². The molecule has 17 heavy (non-hydrogen) atoms. The van der Waals surface area contributed by atoms with Crippen LogP contribution in [0.4, 0.5) is 0 Å². The smallest absolute Gasteiger partial charge is 1.00 e. The summed E-state index contributed by atoms with van der Waals surface area (Å²) in [7, 11) is 0. The van der Waals surface area contributed by atoms with E-state index < -0.39 is 0 Å². The van der Waals surface area contributed by atoms with Gasteiger partial charge in [-0.05, 0) is 13.3 Å². The number of carbonyl (C=O) groups is 1. The number of ketones is 1. The Morgan fingerprint density at radius 3 is 1.82 bits per heavy atom. The number of hydrogen-bond acceptors (Lipinski definition) is 2. The van der Waals surface area contributed by atoms with Crippen molar-refractivity contribution in [2.24, 2.45) is 5.73 Å². The van der Waals surface area contributed by atoms with Crippen LogP contribution in [0.3, 0.4) is 0 Å². The maximum absolute atomic E-state index is 11.2. The standard InChI is InChI=1S/C14H29NO.Na.H/c1-3-4-5-6-7-8-9-10-11-12-14(16)13(2)15;;/h13H,3-12,15H2,1-2H3;;/q;+1;-1. The number of hydrogen-bond donors (Lipinski definition) is 1. The third-order valence-corrected chi connectivity index (χ3v) is 3.03. The number of carbonyl (C=O) groups excluding carboxylic acids is 1. The van der Waals surface area contributed by atoms with Crippen LogP contribution < -0.4 is 35.3 Å². The Balaban J connectivity index is -0.00000112. The molecule has 0 spiro atoms. The van der Waals surface area contributed by atoms with Gasteiger partial charge in [0.25, 0.3) is 0 Å². The Bertz CT molecular complexity index is 177. The molecule has 0 saturated carbocycles. The van der Waals surface area contributed by atoms with Crippen LogP contribution in [0.25, 0.3) is 0 Å². The molecular formula is C14H30NNaO. The van der Waals surface area contributed by atoms with Crippen LogP contribution in [-0.2, 0) is 4.79 Å². The third-order valence-electron chi connectivity index (χ3n) is 3.03. The Morgan fingerprint density at radius 1 is 1.00 bits per heavy atom. The minimum absolute atomic E-state index is 0. The fourth-order valence-electron chi connectivity index (χ4n) is 1.84. The fraction of sp³-hybridized carbons (Fsp3) is 0.929. The average Bonchev–Trinajstić information content (AvgIpc) is 2.26. The van der Waals surface area contributed by atoms with Crippen molar-refractivity contribution in [3.63, 3.8) is 0 Å². The predicted octanol–water partition coefficient (Wildman–Crippen LogP) is 0.940. The summed E-state index contributed by atoms with van der Waals surface area (Å²) >= 11 is 0. The SMILES string of the molecule is CCCCCCCCCCCC(=O)C(C)N.[H-].[Na+]. The van der Waals surface area contributed by atoms with Gasteiger partial charge in [-0.3, -0.25) is 4.79 Å². The molecule has 0 heterocycles. The zero-order valence-electron chi connectivity index (χ0n) is 13.1. The van der Waals surface area contributed by atoms with Crippen molar-refractivity contribution >= 4 is 5.78 Å². The minimum Gasteiger partial charge on any atom is -1.00 e. The predicted molar refractivity (Wildman–Crippen MR) is 71.6 cm³/mol. The van der Waals surface area contributed by atoms with Crippen molar-refractivity contribution in [1.29, 1.82) is 0 Å². The van der Waals surface area contributed by atoms with E-state index in [4.69, 9.17) is 5.73 Å². The quantitative estimate of drug-likeness (QED) is 0.439. The van der Waals surface area contributed by atoms with Crippen LogP contribution in [-0.4, -0.2) is 11.8 Å². The van der Waals surface area contributed by atoms with E-state index in [0.717, 1.165) is 6.42 Å². The van der Waals surface area contributed by atoms with E-state index in [-0.39, 0.29) is 42.8 Å². The second kappa shape index (κ2) is 14.7. The molecule has 1 atom stereocenters. The first-order valence-electron chi connectivity index (χ1n) is 6.96. The van der Waals surface area contributed by atoms with Gasteiger partial charge >= 0.3 is 29.6 Å². The zero-order valence-corrected chi connectivity index (χ0v) is 14.1. The van der Waals surface area contributed by atoms with Crippen molar-refractivity contribution in [1.82, 2.24) is 0 Å². The van der Waals surface area contributed by atoms with Crippen molar-refractivity contribution in [2.45, 2.75) is 84.1 Å². The number of rotatable bonds is 11. The van der Waals surface area contributed by atoms with Crippen LogP contribution >= 0.6 is 0 Å². The van der Waals surface area contributed by atoms with E-state index in [1.807, 2.05) is 0 Å². The van der Waals surface area contributed by atoms with E-state index >= 15 is 0 Å². The molecule has 0 aromatic heterocycles. The van der Waals surface area contributed by atoms with Gasteiger partial charge in [-0.1, -0.05) is 58.3 Å². The van der Waals surface area contributed by atoms with Crippen LogP contribution in [0.15, 0.2) is 0 Å². The summed E-state index contributed by atoms with van der Waals surface area (Å²) in [6.07, 6.45) is 12.3. The summed E-state index contributed by atoms with van der Waals surface area (Å²) < 4.78 is 0. The molecule has 2 N–H and O–H groups in total. The minimum atomic E-state index is -0.269. The second-order valence-electron chi connectivity index (χ2n) is 4.83. The molecule has 0 rings (SSSR count). The Morgan fingerprint density at radius 2 is 1.41 bits per heavy atom. The molecule has 1 unspecified atom stereocenters. The maximum atomic E-state index is 11.2. The first kappa shape index (κ1) is 20.0. The van der Waals surface area contributed by atoms with Gasteiger partial charge in [0.05, 0.1) is 6.04 Å². The summed E-state index contributed by atoms with van der Waals surface area (Å²) in [6.45, 7) is 4.02. The monoisotopic (exact) mass is 251 g/mol. The number of unbranched alkanes of at least 4 members (excludes halogenated alkanes) is 8. The molecule has 0 radical (unpaired) electrons. The molecule has 0 aromatic rings. The van der Waals surface area contributed by atoms with Gasteiger partial charge in [0.15, 0.2) is 0 Å². The fourth-order valence-corrected chi connectivity index (χ4v) is 1.84. The van der Waals surface area contributed by atoms with Crippen molar-refractivity contribution in [3.8, 4) is 0 Å². The van der Waals surface area contributed by atoms with E-state index in [2.05, 4.69) is 6.92 Å². The summed E-state index contributed by atoms with van der Waals surface area (Å²) in [5.74, 6) is 0.211. The van der Waals surface area contributed by atoms with Gasteiger partial charge in [-0.15, -0.1) is 0 Å². The zero-order chi connectivity index (χ0) is 12.2. The molecule has 0 aliphatic carbocycles. The number of Topliss-reactive ketones (excluding diaryl/α,β-unsaturated/α-hetero) is 1. The van der Waals surface area contributed by atoms with Gasteiger partial charge in [0, 0.05) is 6.42 Å². The van der Waals surface area contributed by atoms with Gasteiger partial charge in [0.2, 0.25) is 0 Å². The molecule has 0 amide bonds. The molecular weight excluding hydrogens is 221 g/mol. The summed E-state index contributed by atoms with van der Waals surface area (Å²) in [4.78, 5) is 11.2. The topological polar surface area (TPSA) is 43.1 Å². The van der Waals surface area contributed by atoms with Crippen molar-refractivity contribution in [3.05, 3.63) is 0 Å².